The molecule has 0 bridgehead atoms. The van der Waals surface area contributed by atoms with E-state index in [9.17, 15) is 39.2 Å². The Morgan fingerprint density at radius 2 is 1.47 bits per heavy atom. The summed E-state index contributed by atoms with van der Waals surface area (Å²) in [6, 6.07) is 6.86. The van der Waals surface area contributed by atoms with Crippen molar-refractivity contribution in [3.05, 3.63) is 47.5 Å². The lowest BCUT2D eigenvalue weighted by molar-refractivity contribution is -0.153. The molecule has 2 rings (SSSR count). The van der Waals surface area contributed by atoms with Crippen molar-refractivity contribution < 1.29 is 48.6 Å². The molecule has 13 heteroatoms. The fourth-order valence-electron chi connectivity index (χ4n) is 2.52. The molecule has 0 spiro atoms. The third kappa shape index (κ3) is 7.18. The van der Waals surface area contributed by atoms with Crippen molar-refractivity contribution in [2.45, 2.75) is 37.3 Å². The summed E-state index contributed by atoms with van der Waals surface area (Å²) in [6.45, 7) is -0.313. The molecule has 0 aliphatic heterocycles. The number of aryl methyl sites for hydroxylation is 2. The molecular weight excluding hydrogens is 471 g/mol. The summed E-state index contributed by atoms with van der Waals surface area (Å²) in [4.78, 5) is -0.142. The number of sulfonamides is 1. The van der Waals surface area contributed by atoms with Crippen LogP contribution in [0.15, 0.2) is 41.3 Å². The number of hydrogen-bond acceptors (Lipinski definition) is 4. The van der Waals surface area contributed by atoms with Crippen molar-refractivity contribution in [3.8, 4) is 11.5 Å². The van der Waals surface area contributed by atoms with Crippen molar-refractivity contribution in [1.82, 2.24) is 0 Å². The van der Waals surface area contributed by atoms with E-state index in [1.54, 1.807) is 13.0 Å². The van der Waals surface area contributed by atoms with Crippen molar-refractivity contribution in [2.75, 3.05) is 17.9 Å². The van der Waals surface area contributed by atoms with Crippen LogP contribution in [-0.4, -0.2) is 40.2 Å². The topological polar surface area (TPSA) is 64.6 Å². The Kier molecular flexibility index (Phi) is 7.53. The number of rotatable bonds is 9. The molecule has 0 heterocycles. The molecule has 0 aliphatic rings. The molecule has 0 unspecified atom stereocenters. The van der Waals surface area contributed by atoms with Crippen LogP contribution >= 0.6 is 0 Å². The summed E-state index contributed by atoms with van der Waals surface area (Å²) in [5, 5.41) is 0. The van der Waals surface area contributed by atoms with E-state index < -0.39 is 53.3 Å². The number of alkyl halides is 7. The molecule has 178 valence electrons. The second kappa shape index (κ2) is 9.43. The fourth-order valence-corrected chi connectivity index (χ4v) is 3.78. The normalized spacial score (nSPS) is 12.7. The maximum Gasteiger partial charge on any atom is 0.422 e. The molecule has 32 heavy (non-hydrogen) atoms. The van der Waals surface area contributed by atoms with Gasteiger partial charge in [-0.2, -0.15) is 22.0 Å². The first-order valence-electron chi connectivity index (χ1n) is 8.82. The average molecular weight is 489 g/mol. The summed E-state index contributed by atoms with van der Waals surface area (Å²) in [5.74, 6) is -5.73. The Morgan fingerprint density at radius 3 is 1.97 bits per heavy atom. The maximum absolute atomic E-state index is 13.1. The van der Waals surface area contributed by atoms with Gasteiger partial charge in [-0.3, -0.25) is 4.72 Å². The zero-order valence-electron chi connectivity index (χ0n) is 16.6. The number of benzene rings is 2. The van der Waals surface area contributed by atoms with E-state index in [1.165, 1.54) is 19.1 Å². The quantitative estimate of drug-likeness (QED) is 0.484. The van der Waals surface area contributed by atoms with Crippen molar-refractivity contribution in [2.24, 2.45) is 0 Å². The first-order chi connectivity index (χ1) is 14.6. The number of hydrogen-bond donors (Lipinski definition) is 1. The van der Waals surface area contributed by atoms with Gasteiger partial charge in [-0.15, -0.1) is 0 Å². The highest BCUT2D eigenvalue weighted by Gasteiger charge is 2.41. The highest BCUT2D eigenvalue weighted by Crippen LogP contribution is 2.31. The summed E-state index contributed by atoms with van der Waals surface area (Å²) in [5.41, 5.74) is 0.759. The van der Waals surface area contributed by atoms with Gasteiger partial charge in [-0.05, 0) is 25.5 Å². The second-order valence-electron chi connectivity index (χ2n) is 6.82. The number of ether oxygens (including phenoxy) is 2. The molecule has 2 aromatic rings. The predicted octanol–water partition coefficient (Wildman–Crippen LogP) is 5.32. The molecule has 0 aromatic heterocycles. The monoisotopic (exact) mass is 489 g/mol. The molecule has 0 saturated heterocycles. The molecule has 0 radical (unpaired) electrons. The van der Waals surface area contributed by atoms with Crippen LogP contribution in [0.2, 0.25) is 0 Å². The lowest BCUT2D eigenvalue weighted by Crippen LogP contribution is -2.33. The lowest BCUT2D eigenvalue weighted by Gasteiger charge is -2.18. The van der Waals surface area contributed by atoms with Crippen LogP contribution in [0.3, 0.4) is 0 Å². The molecule has 0 amide bonds. The molecule has 0 aliphatic carbocycles. The van der Waals surface area contributed by atoms with Gasteiger partial charge in [-0.1, -0.05) is 17.7 Å². The summed E-state index contributed by atoms with van der Waals surface area (Å²) >= 11 is 0. The minimum Gasteiger partial charge on any atom is -0.487 e. The maximum atomic E-state index is 13.1. The predicted molar refractivity (Wildman–Crippen MR) is 101 cm³/mol. The highest BCUT2D eigenvalue weighted by molar-refractivity contribution is 7.92. The Morgan fingerprint density at radius 1 is 0.906 bits per heavy atom. The van der Waals surface area contributed by atoms with Gasteiger partial charge in [0.15, 0.2) is 13.2 Å². The summed E-state index contributed by atoms with van der Waals surface area (Å²) < 4.78 is 125. The Balaban J connectivity index is 2.37. The number of halogens is 7. The van der Waals surface area contributed by atoms with E-state index in [0.717, 1.165) is 23.8 Å². The largest absolute Gasteiger partial charge is 0.487 e. The van der Waals surface area contributed by atoms with E-state index in [4.69, 9.17) is 0 Å². The van der Waals surface area contributed by atoms with E-state index >= 15 is 0 Å². The van der Waals surface area contributed by atoms with Gasteiger partial charge in [0, 0.05) is 18.2 Å². The average Bonchev–Trinajstić information content (AvgIpc) is 2.63. The van der Waals surface area contributed by atoms with Crippen LogP contribution in [0.4, 0.5) is 36.4 Å². The van der Waals surface area contributed by atoms with Crippen LogP contribution in [0.5, 0.6) is 11.5 Å². The molecule has 2 aromatic carbocycles. The van der Waals surface area contributed by atoms with Crippen molar-refractivity contribution >= 4 is 15.7 Å². The zero-order valence-corrected chi connectivity index (χ0v) is 17.5. The lowest BCUT2D eigenvalue weighted by atomic mass is 10.2. The molecular formula is C19H18F7NO4S. The van der Waals surface area contributed by atoms with E-state index in [0.29, 0.717) is 5.56 Å². The van der Waals surface area contributed by atoms with Gasteiger partial charge >= 0.3 is 18.5 Å². The molecule has 0 atom stereocenters. The summed E-state index contributed by atoms with van der Waals surface area (Å²) in [6.07, 6.45) is -8.80. The molecule has 5 nitrogen and oxygen atoms in total. The van der Waals surface area contributed by atoms with Gasteiger partial charge in [0.2, 0.25) is 0 Å². The third-order valence-electron chi connectivity index (χ3n) is 3.91. The van der Waals surface area contributed by atoms with Gasteiger partial charge in [0.25, 0.3) is 10.0 Å². The van der Waals surface area contributed by atoms with Crippen molar-refractivity contribution in [3.63, 3.8) is 0 Å². The summed E-state index contributed by atoms with van der Waals surface area (Å²) in [7, 11) is -4.25. The molecule has 1 N–H and O–H groups in total. The van der Waals surface area contributed by atoms with Gasteiger partial charge < -0.3 is 9.47 Å². The van der Waals surface area contributed by atoms with Gasteiger partial charge in [0.05, 0.1) is 10.6 Å². The third-order valence-corrected chi connectivity index (χ3v) is 5.45. The Bertz CT molecular complexity index is 1060. The second-order valence-corrected chi connectivity index (χ2v) is 8.47. The Hall–Kier alpha value is -2.70. The number of anilines is 1. The van der Waals surface area contributed by atoms with Crippen molar-refractivity contribution in [1.29, 1.82) is 0 Å². The molecule has 0 fully saturated rings. The minimum atomic E-state index is -4.75. The first kappa shape index (κ1) is 25.6. The van der Waals surface area contributed by atoms with Crippen LogP contribution < -0.4 is 14.2 Å². The van der Waals surface area contributed by atoms with E-state index in [2.05, 4.69) is 14.2 Å². The van der Waals surface area contributed by atoms with Crippen LogP contribution in [0, 0.1) is 13.8 Å². The minimum absolute atomic E-state index is 0.142. The first-order valence-corrected chi connectivity index (χ1v) is 10.3. The van der Waals surface area contributed by atoms with E-state index in [-0.39, 0.29) is 10.6 Å². The van der Waals surface area contributed by atoms with Crippen LogP contribution in [0.1, 0.15) is 11.1 Å². The molecule has 0 saturated carbocycles. The SMILES string of the molecule is Cc1ccc(S(=O)(=O)Nc2cc(OCC(F)(F)F)cc(OCC(F)(F)C(F)F)c2)c(C)c1. The van der Waals surface area contributed by atoms with Crippen LogP contribution in [-0.2, 0) is 10.0 Å². The standard InChI is InChI=1S/C19H18F7NO4S/c1-11-3-4-16(12(2)5-11)32(28,29)27-13-6-14(30-9-18(22,23)17(20)21)8-15(7-13)31-10-19(24,25)26/h3-8,17,27H,9-10H2,1-2H3. The van der Waals surface area contributed by atoms with Gasteiger partial charge in [-0.25, -0.2) is 17.2 Å². The van der Waals surface area contributed by atoms with Crippen LogP contribution in [0.25, 0.3) is 0 Å². The smallest absolute Gasteiger partial charge is 0.422 e. The van der Waals surface area contributed by atoms with E-state index in [1.807, 2.05) is 0 Å². The Labute approximate surface area is 179 Å². The fraction of sp³-hybridized carbons (Fsp3) is 0.368. The number of nitrogens with one attached hydrogen (secondary N) is 1. The zero-order chi connectivity index (χ0) is 24.3. The van der Waals surface area contributed by atoms with Gasteiger partial charge in [0.1, 0.15) is 11.5 Å². The highest BCUT2D eigenvalue weighted by atomic mass is 32.2.